The van der Waals surface area contributed by atoms with Crippen molar-refractivity contribution in [3.63, 3.8) is 0 Å². The third-order valence-electron chi connectivity index (χ3n) is 2.86. The number of hydrogen-bond acceptors (Lipinski definition) is 5. The maximum atomic E-state index is 11.9. The molecule has 5 nitrogen and oxygen atoms in total. The third kappa shape index (κ3) is 2.99. The van der Waals surface area contributed by atoms with Crippen molar-refractivity contribution in [3.8, 4) is 0 Å². The van der Waals surface area contributed by atoms with Crippen molar-refractivity contribution in [3.05, 3.63) is 0 Å². The number of rotatable bonds is 4. The number of Topliss-reactive ketones (excluding diaryl/α,β-unsaturated/α-hetero) is 3. The Morgan fingerprint density at radius 1 is 1.18 bits per heavy atom. The Morgan fingerprint density at radius 3 is 2.12 bits per heavy atom. The summed E-state index contributed by atoms with van der Waals surface area (Å²) in [6, 6.07) is 0. The van der Waals surface area contributed by atoms with Crippen LogP contribution in [0.15, 0.2) is 0 Å². The fraction of sp³-hybridized carbons (Fsp3) is 0.667. The SMILES string of the molecule is CC(=O)CCC1(OC(C)=O)C(=O)CCCC1=O. The van der Waals surface area contributed by atoms with Gasteiger partial charge in [0.05, 0.1) is 0 Å². The highest BCUT2D eigenvalue weighted by atomic mass is 16.6. The van der Waals surface area contributed by atoms with Crippen LogP contribution in [0.1, 0.15) is 46.0 Å². The molecule has 0 atom stereocenters. The summed E-state index contributed by atoms with van der Waals surface area (Å²) in [5.41, 5.74) is -1.70. The lowest BCUT2D eigenvalue weighted by molar-refractivity contribution is -0.175. The lowest BCUT2D eigenvalue weighted by atomic mass is 9.78. The van der Waals surface area contributed by atoms with E-state index in [1.165, 1.54) is 6.92 Å². The first-order valence-corrected chi connectivity index (χ1v) is 5.64. The summed E-state index contributed by atoms with van der Waals surface area (Å²) in [5, 5.41) is 0. The van der Waals surface area contributed by atoms with E-state index in [9.17, 15) is 19.2 Å². The second-order valence-corrected chi connectivity index (χ2v) is 4.32. The molecule has 0 N–H and O–H groups in total. The van der Waals surface area contributed by atoms with Crippen LogP contribution in [-0.2, 0) is 23.9 Å². The molecule has 5 heteroatoms. The summed E-state index contributed by atoms with van der Waals surface area (Å²) >= 11 is 0. The van der Waals surface area contributed by atoms with Crippen molar-refractivity contribution < 1.29 is 23.9 Å². The Morgan fingerprint density at radius 2 is 1.71 bits per heavy atom. The van der Waals surface area contributed by atoms with Crippen molar-refractivity contribution >= 4 is 23.3 Å². The van der Waals surface area contributed by atoms with E-state index < -0.39 is 11.6 Å². The summed E-state index contributed by atoms with van der Waals surface area (Å²) in [7, 11) is 0. The molecule has 1 aliphatic carbocycles. The van der Waals surface area contributed by atoms with Crippen LogP contribution in [0.2, 0.25) is 0 Å². The number of ether oxygens (including phenoxy) is 1. The topological polar surface area (TPSA) is 77.5 Å². The Kier molecular flexibility index (Phi) is 4.15. The minimum atomic E-state index is -1.70. The zero-order valence-electron chi connectivity index (χ0n) is 10.1. The van der Waals surface area contributed by atoms with Crippen molar-refractivity contribution in [2.24, 2.45) is 0 Å². The Balaban J connectivity index is 2.96. The Labute approximate surface area is 99.5 Å². The first-order valence-electron chi connectivity index (χ1n) is 5.64. The third-order valence-corrected chi connectivity index (χ3v) is 2.86. The van der Waals surface area contributed by atoms with E-state index in [-0.39, 0.29) is 43.0 Å². The zero-order valence-corrected chi connectivity index (χ0v) is 10.1. The van der Waals surface area contributed by atoms with Crippen LogP contribution < -0.4 is 0 Å². The number of esters is 1. The van der Waals surface area contributed by atoms with E-state index >= 15 is 0 Å². The van der Waals surface area contributed by atoms with Gasteiger partial charge < -0.3 is 9.53 Å². The van der Waals surface area contributed by atoms with Crippen LogP contribution in [-0.4, -0.2) is 28.9 Å². The first-order chi connectivity index (χ1) is 7.88. The first kappa shape index (κ1) is 13.5. The van der Waals surface area contributed by atoms with Gasteiger partial charge in [0.2, 0.25) is 5.60 Å². The van der Waals surface area contributed by atoms with Gasteiger partial charge in [-0.3, -0.25) is 14.4 Å². The van der Waals surface area contributed by atoms with Gasteiger partial charge in [-0.25, -0.2) is 0 Å². The van der Waals surface area contributed by atoms with Crippen LogP contribution >= 0.6 is 0 Å². The average molecular weight is 240 g/mol. The van der Waals surface area contributed by atoms with Crippen LogP contribution in [0.3, 0.4) is 0 Å². The predicted molar refractivity (Wildman–Crippen MR) is 58.3 cm³/mol. The highest BCUT2D eigenvalue weighted by Gasteiger charge is 2.49. The lowest BCUT2D eigenvalue weighted by Crippen LogP contribution is -2.52. The molecule has 0 aromatic rings. The zero-order chi connectivity index (χ0) is 13.1. The molecule has 0 aliphatic heterocycles. The highest BCUT2D eigenvalue weighted by molar-refractivity contribution is 6.13. The van der Waals surface area contributed by atoms with E-state index in [2.05, 4.69) is 0 Å². The maximum absolute atomic E-state index is 11.9. The number of carbonyl (C=O) groups excluding carboxylic acids is 4. The van der Waals surface area contributed by atoms with E-state index in [1.54, 1.807) is 0 Å². The molecule has 0 bridgehead atoms. The average Bonchev–Trinajstić information content (AvgIpc) is 2.21. The minimum absolute atomic E-state index is 0.0282. The lowest BCUT2D eigenvalue weighted by Gasteiger charge is -2.33. The fourth-order valence-electron chi connectivity index (χ4n) is 2.01. The van der Waals surface area contributed by atoms with Gasteiger partial charge in [-0.1, -0.05) is 0 Å². The van der Waals surface area contributed by atoms with Crippen molar-refractivity contribution in [1.29, 1.82) is 0 Å². The number of hydrogen-bond donors (Lipinski definition) is 0. The van der Waals surface area contributed by atoms with Gasteiger partial charge >= 0.3 is 5.97 Å². The van der Waals surface area contributed by atoms with Crippen molar-refractivity contribution in [2.75, 3.05) is 0 Å². The van der Waals surface area contributed by atoms with Crippen LogP contribution in [0.5, 0.6) is 0 Å². The van der Waals surface area contributed by atoms with Crippen LogP contribution in [0.25, 0.3) is 0 Å². The monoisotopic (exact) mass is 240 g/mol. The van der Waals surface area contributed by atoms with Crippen molar-refractivity contribution in [2.45, 2.75) is 51.6 Å². The van der Waals surface area contributed by atoms with Gasteiger partial charge in [0, 0.05) is 32.6 Å². The molecule has 0 spiro atoms. The van der Waals surface area contributed by atoms with E-state index in [0.29, 0.717) is 6.42 Å². The van der Waals surface area contributed by atoms with Crippen LogP contribution in [0, 0.1) is 0 Å². The fourth-order valence-corrected chi connectivity index (χ4v) is 2.01. The smallest absolute Gasteiger partial charge is 0.304 e. The molecule has 0 aromatic carbocycles. The summed E-state index contributed by atoms with van der Waals surface area (Å²) in [4.78, 5) is 45.7. The largest absolute Gasteiger partial charge is 0.443 e. The summed E-state index contributed by atoms with van der Waals surface area (Å²) in [5.74, 6) is -1.57. The summed E-state index contributed by atoms with van der Waals surface area (Å²) < 4.78 is 4.96. The molecule has 17 heavy (non-hydrogen) atoms. The maximum Gasteiger partial charge on any atom is 0.304 e. The van der Waals surface area contributed by atoms with Gasteiger partial charge in [0.15, 0.2) is 11.6 Å². The number of ketones is 3. The van der Waals surface area contributed by atoms with Gasteiger partial charge in [0.25, 0.3) is 0 Å². The molecule has 1 fully saturated rings. The Bertz CT molecular complexity index is 353. The molecular weight excluding hydrogens is 224 g/mol. The minimum Gasteiger partial charge on any atom is -0.443 e. The van der Waals surface area contributed by atoms with Gasteiger partial charge in [-0.05, 0) is 13.3 Å². The van der Waals surface area contributed by atoms with E-state index in [0.717, 1.165) is 6.92 Å². The van der Waals surface area contributed by atoms with Crippen molar-refractivity contribution in [1.82, 2.24) is 0 Å². The predicted octanol–water partition coefficient (Wildman–Crippen LogP) is 0.980. The molecule has 0 saturated heterocycles. The Hall–Kier alpha value is -1.52. The summed E-state index contributed by atoms with van der Waals surface area (Å²) in [6.45, 7) is 2.53. The standard InChI is InChI=1S/C12H16O5/c1-8(13)6-7-12(17-9(2)14)10(15)4-3-5-11(12)16/h3-7H2,1-2H3. The quantitative estimate of drug-likeness (QED) is 0.540. The molecule has 94 valence electrons. The number of carbonyl (C=O) groups is 4. The normalized spacial score (nSPS) is 18.9. The second-order valence-electron chi connectivity index (χ2n) is 4.32. The van der Waals surface area contributed by atoms with Gasteiger partial charge in [0.1, 0.15) is 5.78 Å². The highest BCUT2D eigenvalue weighted by Crippen LogP contribution is 2.30. The van der Waals surface area contributed by atoms with E-state index in [1.807, 2.05) is 0 Å². The van der Waals surface area contributed by atoms with Gasteiger partial charge in [-0.15, -0.1) is 0 Å². The van der Waals surface area contributed by atoms with Gasteiger partial charge in [-0.2, -0.15) is 0 Å². The molecule has 1 rings (SSSR count). The molecular formula is C12H16O5. The summed E-state index contributed by atoms with van der Waals surface area (Å²) in [6.07, 6.45) is 0.957. The van der Waals surface area contributed by atoms with E-state index in [4.69, 9.17) is 4.74 Å². The van der Waals surface area contributed by atoms with Crippen LogP contribution in [0.4, 0.5) is 0 Å². The molecule has 1 aliphatic rings. The second kappa shape index (κ2) is 5.21. The molecule has 0 heterocycles. The molecule has 0 aromatic heterocycles. The molecule has 1 saturated carbocycles. The molecule has 0 radical (unpaired) electrons. The molecule has 0 unspecified atom stereocenters. The molecule has 0 amide bonds.